The third-order valence-corrected chi connectivity index (χ3v) is 4.85. The van der Waals surface area contributed by atoms with E-state index in [-0.39, 0.29) is 5.91 Å². The average molecular weight is 400 g/mol. The Morgan fingerprint density at radius 1 is 1.00 bits per heavy atom. The molecule has 3 aromatic rings. The van der Waals surface area contributed by atoms with E-state index in [0.29, 0.717) is 18.0 Å². The molecule has 1 heterocycles. The van der Waals surface area contributed by atoms with Crippen LogP contribution in [0, 0.1) is 12.8 Å². The summed E-state index contributed by atoms with van der Waals surface area (Å²) >= 11 is 0. The maximum absolute atomic E-state index is 12.5. The highest BCUT2D eigenvalue weighted by Gasteiger charge is 2.08. The van der Waals surface area contributed by atoms with Crippen molar-refractivity contribution >= 4 is 29.4 Å². The zero-order chi connectivity index (χ0) is 21.3. The van der Waals surface area contributed by atoms with Crippen molar-refractivity contribution in [2.45, 2.75) is 27.2 Å². The van der Waals surface area contributed by atoms with Gasteiger partial charge in [-0.2, -0.15) is 0 Å². The number of pyridine rings is 1. The van der Waals surface area contributed by atoms with Crippen molar-refractivity contribution in [1.29, 1.82) is 0 Å². The van der Waals surface area contributed by atoms with E-state index in [1.54, 1.807) is 12.4 Å². The van der Waals surface area contributed by atoms with Crippen molar-refractivity contribution in [2.75, 3.05) is 11.9 Å². The highest BCUT2D eigenvalue weighted by atomic mass is 16.1. The number of benzene rings is 2. The van der Waals surface area contributed by atoms with Gasteiger partial charge in [0.25, 0.3) is 5.91 Å². The third-order valence-electron chi connectivity index (χ3n) is 4.85. The monoisotopic (exact) mass is 399 g/mol. The lowest BCUT2D eigenvalue weighted by atomic mass is 10.1. The van der Waals surface area contributed by atoms with Gasteiger partial charge in [0.15, 0.2) is 0 Å². The van der Waals surface area contributed by atoms with Gasteiger partial charge in [-0.05, 0) is 72.4 Å². The van der Waals surface area contributed by atoms with Crippen LogP contribution in [0.25, 0.3) is 12.2 Å². The number of carbonyl (C=O) groups excluding carboxylic acids is 1. The number of carbonyl (C=O) groups is 1. The SMILES string of the molecule is Cc1ccc(C(=O)NCCC(C)C)cc1Nc1cccc(/C=C/c2ccncc2)c1. The summed E-state index contributed by atoms with van der Waals surface area (Å²) in [4.78, 5) is 16.5. The number of rotatable bonds is 8. The van der Waals surface area contributed by atoms with Gasteiger partial charge in [0, 0.05) is 35.9 Å². The number of anilines is 2. The molecule has 1 amide bonds. The van der Waals surface area contributed by atoms with E-state index in [0.717, 1.165) is 34.5 Å². The second-order valence-corrected chi connectivity index (χ2v) is 7.83. The Hall–Kier alpha value is -3.40. The van der Waals surface area contributed by atoms with E-state index < -0.39 is 0 Å². The maximum Gasteiger partial charge on any atom is 0.251 e. The number of aromatic nitrogens is 1. The number of hydrogen-bond acceptors (Lipinski definition) is 3. The van der Waals surface area contributed by atoms with Gasteiger partial charge in [0.2, 0.25) is 0 Å². The summed E-state index contributed by atoms with van der Waals surface area (Å²) < 4.78 is 0. The predicted octanol–water partition coefficient (Wildman–Crippen LogP) is 6.08. The fourth-order valence-corrected chi connectivity index (χ4v) is 3.02. The van der Waals surface area contributed by atoms with E-state index in [1.165, 1.54) is 0 Å². The molecule has 0 unspecified atom stereocenters. The zero-order valence-corrected chi connectivity index (χ0v) is 17.9. The molecule has 30 heavy (non-hydrogen) atoms. The molecule has 0 atom stereocenters. The van der Waals surface area contributed by atoms with Gasteiger partial charge < -0.3 is 10.6 Å². The molecule has 0 aliphatic rings. The third kappa shape index (κ3) is 6.31. The molecule has 4 nitrogen and oxygen atoms in total. The molecule has 4 heteroatoms. The van der Waals surface area contributed by atoms with Crippen LogP contribution in [0.5, 0.6) is 0 Å². The highest BCUT2D eigenvalue weighted by Crippen LogP contribution is 2.23. The molecular formula is C26H29N3O. The van der Waals surface area contributed by atoms with Gasteiger partial charge in [0.1, 0.15) is 0 Å². The summed E-state index contributed by atoms with van der Waals surface area (Å²) in [5.41, 5.74) is 5.87. The molecule has 0 bridgehead atoms. The van der Waals surface area contributed by atoms with Crippen LogP contribution in [-0.4, -0.2) is 17.4 Å². The van der Waals surface area contributed by atoms with Crippen LogP contribution in [0.3, 0.4) is 0 Å². The quantitative estimate of drug-likeness (QED) is 0.483. The second kappa shape index (κ2) is 10.4. The van der Waals surface area contributed by atoms with Crippen LogP contribution >= 0.6 is 0 Å². The fraction of sp³-hybridized carbons (Fsp3) is 0.231. The standard InChI is InChI=1S/C26H29N3O/c1-19(2)11-16-28-26(30)23-10-7-20(3)25(18-23)29-24-6-4-5-22(17-24)9-8-21-12-14-27-15-13-21/h4-10,12-15,17-19,29H,11,16H2,1-3H3,(H,28,30)/b9-8+. The smallest absolute Gasteiger partial charge is 0.251 e. The van der Waals surface area contributed by atoms with Crippen LogP contribution in [-0.2, 0) is 0 Å². The first-order valence-electron chi connectivity index (χ1n) is 10.4. The Balaban J connectivity index is 1.71. The molecule has 2 aromatic carbocycles. The summed E-state index contributed by atoms with van der Waals surface area (Å²) in [6.07, 6.45) is 8.68. The average Bonchev–Trinajstić information content (AvgIpc) is 2.74. The minimum absolute atomic E-state index is 0.0345. The summed E-state index contributed by atoms with van der Waals surface area (Å²) in [7, 11) is 0. The minimum atomic E-state index is -0.0345. The van der Waals surface area contributed by atoms with Gasteiger partial charge in [-0.15, -0.1) is 0 Å². The normalized spacial score (nSPS) is 11.1. The molecule has 0 aliphatic carbocycles. The fourth-order valence-electron chi connectivity index (χ4n) is 3.02. The largest absolute Gasteiger partial charge is 0.355 e. The van der Waals surface area contributed by atoms with Crippen LogP contribution < -0.4 is 10.6 Å². The summed E-state index contributed by atoms with van der Waals surface area (Å²) in [6.45, 7) is 7.04. The van der Waals surface area contributed by atoms with E-state index in [4.69, 9.17) is 0 Å². The van der Waals surface area contributed by atoms with E-state index >= 15 is 0 Å². The first-order valence-corrected chi connectivity index (χ1v) is 10.4. The number of amides is 1. The molecule has 0 saturated carbocycles. The minimum Gasteiger partial charge on any atom is -0.355 e. The van der Waals surface area contributed by atoms with Gasteiger partial charge in [-0.1, -0.05) is 44.2 Å². The van der Waals surface area contributed by atoms with Crippen molar-refractivity contribution in [2.24, 2.45) is 5.92 Å². The van der Waals surface area contributed by atoms with Crippen molar-refractivity contribution in [3.05, 3.63) is 89.2 Å². The molecule has 154 valence electrons. The molecule has 0 aliphatic heterocycles. The molecule has 0 radical (unpaired) electrons. The first-order chi connectivity index (χ1) is 14.5. The molecule has 0 fully saturated rings. The zero-order valence-electron chi connectivity index (χ0n) is 17.9. The van der Waals surface area contributed by atoms with Crippen LogP contribution in [0.4, 0.5) is 11.4 Å². The second-order valence-electron chi connectivity index (χ2n) is 7.83. The lowest BCUT2D eigenvalue weighted by Crippen LogP contribution is -2.25. The van der Waals surface area contributed by atoms with Crippen LogP contribution in [0.15, 0.2) is 67.0 Å². The number of hydrogen-bond donors (Lipinski definition) is 2. The van der Waals surface area contributed by atoms with Crippen LogP contribution in [0.2, 0.25) is 0 Å². The Bertz CT molecular complexity index is 1010. The highest BCUT2D eigenvalue weighted by molar-refractivity contribution is 5.95. The van der Waals surface area contributed by atoms with Crippen molar-refractivity contribution in [3.8, 4) is 0 Å². The molecule has 3 rings (SSSR count). The van der Waals surface area contributed by atoms with E-state index in [9.17, 15) is 4.79 Å². The molecule has 0 saturated heterocycles. The summed E-state index contributed by atoms with van der Waals surface area (Å²) in [5.74, 6) is 0.535. The molecule has 1 aromatic heterocycles. The molecule has 2 N–H and O–H groups in total. The van der Waals surface area contributed by atoms with Crippen molar-refractivity contribution in [1.82, 2.24) is 10.3 Å². The lowest BCUT2D eigenvalue weighted by molar-refractivity contribution is 0.0952. The Labute approximate surface area is 179 Å². The van der Waals surface area contributed by atoms with E-state index in [1.807, 2.05) is 49.4 Å². The Morgan fingerprint density at radius 3 is 2.53 bits per heavy atom. The van der Waals surface area contributed by atoms with E-state index in [2.05, 4.69) is 53.7 Å². The summed E-state index contributed by atoms with van der Waals surface area (Å²) in [5, 5.41) is 6.46. The number of aryl methyl sites for hydroxylation is 1. The lowest BCUT2D eigenvalue weighted by Gasteiger charge is -2.13. The predicted molar refractivity (Wildman–Crippen MR) is 126 cm³/mol. The first kappa shape index (κ1) is 21.3. The van der Waals surface area contributed by atoms with Crippen molar-refractivity contribution < 1.29 is 4.79 Å². The Morgan fingerprint density at radius 2 is 1.77 bits per heavy atom. The van der Waals surface area contributed by atoms with Crippen molar-refractivity contribution in [3.63, 3.8) is 0 Å². The topological polar surface area (TPSA) is 54.0 Å². The molecular weight excluding hydrogens is 370 g/mol. The number of nitrogens with one attached hydrogen (secondary N) is 2. The van der Waals surface area contributed by atoms with Gasteiger partial charge in [0.05, 0.1) is 0 Å². The maximum atomic E-state index is 12.5. The summed E-state index contributed by atoms with van der Waals surface area (Å²) in [6, 6.07) is 17.9. The van der Waals surface area contributed by atoms with Gasteiger partial charge in [-0.3, -0.25) is 9.78 Å². The number of nitrogens with zero attached hydrogens (tertiary/aromatic N) is 1. The van der Waals surface area contributed by atoms with Gasteiger partial charge >= 0.3 is 0 Å². The van der Waals surface area contributed by atoms with Gasteiger partial charge in [-0.25, -0.2) is 0 Å². The van der Waals surface area contributed by atoms with Crippen LogP contribution in [0.1, 0.15) is 47.3 Å². The molecule has 0 spiro atoms. The Kier molecular flexibility index (Phi) is 7.39.